The van der Waals surface area contributed by atoms with Crippen molar-refractivity contribution in [3.8, 4) is 17.2 Å². The Morgan fingerprint density at radius 2 is 1.66 bits per heavy atom. The Balaban J connectivity index is 0.929. The summed E-state index contributed by atoms with van der Waals surface area (Å²) in [4.78, 5) is 21.1. The number of rotatable bonds is 14. The van der Waals surface area contributed by atoms with E-state index in [4.69, 9.17) is 26.1 Å². The summed E-state index contributed by atoms with van der Waals surface area (Å²) in [5, 5.41) is 22.2. The van der Waals surface area contributed by atoms with E-state index >= 15 is 0 Å². The largest absolute Gasteiger partial charge is 0.573 e. The Hall–Kier alpha value is -4.60. The molecule has 0 amide bonds. The molecule has 2 aromatic heterocycles. The van der Waals surface area contributed by atoms with Crippen molar-refractivity contribution in [1.82, 2.24) is 14.5 Å². The van der Waals surface area contributed by atoms with Gasteiger partial charge in [0.05, 0.1) is 16.3 Å². The van der Waals surface area contributed by atoms with Crippen molar-refractivity contribution in [1.29, 1.82) is 0 Å². The Bertz CT molecular complexity index is 1900. The molecule has 0 aliphatic carbocycles. The van der Waals surface area contributed by atoms with Crippen LogP contribution in [0.5, 0.6) is 17.2 Å². The van der Waals surface area contributed by atoms with Crippen LogP contribution in [0.4, 0.5) is 24.1 Å². The predicted molar refractivity (Wildman–Crippen MR) is 182 cm³/mol. The lowest BCUT2D eigenvalue weighted by Crippen LogP contribution is -2.34. The topological polar surface area (TPSA) is 125 Å². The van der Waals surface area contributed by atoms with Crippen LogP contribution in [0.1, 0.15) is 30.4 Å². The fraction of sp³-hybridized carbons (Fsp3) is 0.353. The number of aliphatic hydroxyl groups is 1. The minimum Gasteiger partial charge on any atom is -0.491 e. The number of benzene rings is 3. The average Bonchev–Trinajstić information content (AvgIpc) is 3.69. The van der Waals surface area contributed by atoms with E-state index in [1.54, 1.807) is 23.5 Å². The molecule has 1 aliphatic heterocycles. The first-order valence-electron chi connectivity index (χ1n) is 15.9. The van der Waals surface area contributed by atoms with Crippen LogP contribution >= 0.6 is 22.9 Å². The van der Waals surface area contributed by atoms with E-state index in [1.165, 1.54) is 28.5 Å². The van der Waals surface area contributed by atoms with Crippen molar-refractivity contribution >= 4 is 44.1 Å². The van der Waals surface area contributed by atoms with E-state index < -0.39 is 17.4 Å². The summed E-state index contributed by atoms with van der Waals surface area (Å²) in [7, 11) is 0. The zero-order chi connectivity index (χ0) is 35.3. The first-order chi connectivity index (χ1) is 24.0. The second-order valence-corrected chi connectivity index (χ2v) is 13.3. The number of anilines is 1. The number of ether oxygens (including phenoxy) is 3. The van der Waals surface area contributed by atoms with Crippen LogP contribution in [0.2, 0.25) is 5.28 Å². The second-order valence-electron chi connectivity index (χ2n) is 12.0. The van der Waals surface area contributed by atoms with Gasteiger partial charge in [-0.2, -0.15) is 0 Å². The average molecular weight is 732 g/mol. The van der Waals surface area contributed by atoms with Gasteiger partial charge in [0.25, 0.3) is 0 Å². The minimum atomic E-state index is -4.72. The maximum atomic E-state index is 12.4. The van der Waals surface area contributed by atoms with Gasteiger partial charge in [-0.1, -0.05) is 35.6 Å². The molecule has 1 aliphatic rings. The van der Waals surface area contributed by atoms with Crippen LogP contribution in [0, 0.1) is 16.0 Å². The van der Waals surface area contributed by atoms with Gasteiger partial charge >= 0.3 is 17.5 Å². The van der Waals surface area contributed by atoms with Gasteiger partial charge in [-0.05, 0) is 107 Å². The Labute approximate surface area is 294 Å². The molecule has 50 heavy (non-hydrogen) atoms. The summed E-state index contributed by atoms with van der Waals surface area (Å²) in [5.41, 5.74) is 2.83. The number of fused-ring (bicyclic) bond motifs is 1. The summed E-state index contributed by atoms with van der Waals surface area (Å²) >= 11 is 7.55. The van der Waals surface area contributed by atoms with E-state index in [0.29, 0.717) is 17.4 Å². The molecule has 6 rings (SSSR count). The van der Waals surface area contributed by atoms with E-state index in [2.05, 4.69) is 26.8 Å². The minimum absolute atomic E-state index is 0.00764. The number of hydrogen-bond acceptors (Lipinski definition) is 10. The number of halogens is 4. The molecular formula is C34H33ClF3N5O6S. The summed E-state index contributed by atoms with van der Waals surface area (Å²) < 4.78 is 55.0. The molecule has 1 saturated heterocycles. The molecule has 1 atom stereocenters. The molecule has 264 valence electrons. The summed E-state index contributed by atoms with van der Waals surface area (Å²) in [6.45, 7) is 2.34. The molecule has 3 aromatic carbocycles. The van der Waals surface area contributed by atoms with Crippen molar-refractivity contribution < 1.29 is 37.4 Å². The van der Waals surface area contributed by atoms with Crippen molar-refractivity contribution in [2.45, 2.75) is 51.3 Å². The van der Waals surface area contributed by atoms with Crippen LogP contribution in [0.15, 0.2) is 72.9 Å². The molecule has 0 saturated carbocycles. The highest BCUT2D eigenvalue weighted by molar-refractivity contribution is 7.22. The fourth-order valence-electron chi connectivity index (χ4n) is 5.64. The third kappa shape index (κ3) is 9.55. The number of aliphatic hydroxyl groups excluding tert-OH is 1. The molecule has 16 heteroatoms. The number of thiazole rings is 1. The third-order valence-electron chi connectivity index (χ3n) is 8.29. The number of imidazole rings is 1. The second kappa shape index (κ2) is 15.5. The van der Waals surface area contributed by atoms with Crippen LogP contribution < -0.4 is 19.1 Å². The van der Waals surface area contributed by atoms with Gasteiger partial charge in [0.1, 0.15) is 36.7 Å². The smallest absolute Gasteiger partial charge is 0.491 e. The van der Waals surface area contributed by atoms with Crippen LogP contribution in [-0.2, 0) is 19.6 Å². The van der Waals surface area contributed by atoms with Gasteiger partial charge in [-0.3, -0.25) is 4.57 Å². The van der Waals surface area contributed by atoms with Crippen LogP contribution in [-0.4, -0.2) is 56.7 Å². The summed E-state index contributed by atoms with van der Waals surface area (Å²) in [6, 6.07) is 19.2. The fourth-order valence-corrected chi connectivity index (χ4v) is 6.91. The Morgan fingerprint density at radius 1 is 0.980 bits per heavy atom. The highest BCUT2D eigenvalue weighted by atomic mass is 35.5. The van der Waals surface area contributed by atoms with Gasteiger partial charge in [0, 0.05) is 19.6 Å². The lowest BCUT2D eigenvalue weighted by atomic mass is 9.90. The zero-order valence-corrected chi connectivity index (χ0v) is 28.2. The van der Waals surface area contributed by atoms with Gasteiger partial charge in [0.15, 0.2) is 5.13 Å². The van der Waals surface area contributed by atoms with Gasteiger partial charge in [0.2, 0.25) is 0 Å². The number of piperidine rings is 1. The molecule has 0 spiro atoms. The highest BCUT2D eigenvalue weighted by Crippen LogP contribution is 2.34. The van der Waals surface area contributed by atoms with E-state index in [1.807, 2.05) is 30.3 Å². The monoisotopic (exact) mass is 731 g/mol. The quantitative estimate of drug-likeness (QED) is 0.0899. The molecule has 3 heterocycles. The Morgan fingerprint density at radius 3 is 2.34 bits per heavy atom. The standard InChI is InChI=1S/C34H33ClF3N5O6S/c35-32-40-31(43(45)46)19-42(32)16-13-25(44)21-48-28-9-10-29-30(18-28)50-33(39-29)41-14-11-23(12-15-41)17-22-1-5-26(6-2-22)47-20-24-3-7-27(8-4-24)49-34(36,37)38/h1-10,18-19,23,25,44H,11-17,20-21H2/t25-/m1/s1. The molecule has 0 radical (unpaired) electrons. The molecular weight excluding hydrogens is 699 g/mol. The molecule has 1 fully saturated rings. The SMILES string of the molecule is O=[N+]([O-])c1cn(CC[C@@H](O)COc2ccc3nc(N4CCC(Cc5ccc(OCc6ccc(OC(F)(F)F)cc6)cc5)CC4)sc3c2)c(Cl)n1. The number of nitro groups is 1. The van der Waals surface area contributed by atoms with Gasteiger partial charge in [-0.15, -0.1) is 13.2 Å². The normalized spacial score (nSPS) is 14.5. The molecule has 0 unspecified atom stereocenters. The zero-order valence-electron chi connectivity index (χ0n) is 26.6. The van der Waals surface area contributed by atoms with Crippen LogP contribution in [0.3, 0.4) is 0 Å². The third-order valence-corrected chi connectivity index (χ3v) is 9.67. The van der Waals surface area contributed by atoms with Crippen molar-refractivity contribution in [3.05, 3.63) is 99.5 Å². The van der Waals surface area contributed by atoms with Crippen molar-refractivity contribution in [2.24, 2.45) is 5.92 Å². The van der Waals surface area contributed by atoms with E-state index in [-0.39, 0.29) is 43.0 Å². The lowest BCUT2D eigenvalue weighted by Gasteiger charge is -2.31. The van der Waals surface area contributed by atoms with E-state index in [9.17, 15) is 28.4 Å². The predicted octanol–water partition coefficient (Wildman–Crippen LogP) is 7.82. The summed E-state index contributed by atoms with van der Waals surface area (Å²) in [5.74, 6) is 1.23. The number of hydrogen-bond donors (Lipinski definition) is 1. The lowest BCUT2D eigenvalue weighted by molar-refractivity contribution is -0.389. The molecule has 1 N–H and O–H groups in total. The van der Waals surface area contributed by atoms with Gasteiger partial charge < -0.3 is 34.3 Å². The molecule has 5 aromatic rings. The molecule has 0 bridgehead atoms. The van der Waals surface area contributed by atoms with Crippen LogP contribution in [0.25, 0.3) is 10.2 Å². The number of nitrogens with zero attached hydrogens (tertiary/aromatic N) is 5. The maximum Gasteiger partial charge on any atom is 0.573 e. The van der Waals surface area contributed by atoms with Crippen molar-refractivity contribution in [3.63, 3.8) is 0 Å². The first-order valence-corrected chi connectivity index (χ1v) is 17.1. The van der Waals surface area contributed by atoms with E-state index in [0.717, 1.165) is 53.3 Å². The van der Waals surface area contributed by atoms with Crippen molar-refractivity contribution in [2.75, 3.05) is 24.6 Å². The maximum absolute atomic E-state index is 12.4. The number of aryl methyl sites for hydroxylation is 1. The Kier molecular flexibility index (Phi) is 10.9. The highest BCUT2D eigenvalue weighted by Gasteiger charge is 2.31. The van der Waals surface area contributed by atoms with Gasteiger partial charge in [-0.25, -0.2) is 4.98 Å². The number of alkyl halides is 3. The summed E-state index contributed by atoms with van der Waals surface area (Å²) in [6.07, 6.45) is -0.984. The first kappa shape index (κ1) is 35.2. The molecule has 11 nitrogen and oxygen atoms in total. The number of aromatic nitrogens is 3.